The lowest BCUT2D eigenvalue weighted by molar-refractivity contribution is 0.479. The van der Waals surface area contributed by atoms with Crippen LogP contribution in [0.5, 0.6) is 0 Å². The van der Waals surface area contributed by atoms with Crippen LogP contribution in [0.4, 0.5) is 11.4 Å². The summed E-state index contributed by atoms with van der Waals surface area (Å²) in [6.07, 6.45) is 26.8. The van der Waals surface area contributed by atoms with Gasteiger partial charge in [-0.3, -0.25) is 0 Å². The third kappa shape index (κ3) is 5.51. The molecule has 6 aliphatic carbocycles. The van der Waals surface area contributed by atoms with E-state index in [9.17, 15) is 0 Å². The number of benzene rings is 6. The molecule has 2 nitrogen and oxygen atoms in total. The van der Waals surface area contributed by atoms with Gasteiger partial charge in [0, 0.05) is 52.1 Å². The van der Waals surface area contributed by atoms with E-state index in [2.05, 4.69) is 235 Å². The minimum absolute atomic E-state index is 0.246. The number of fused-ring (bicyclic) bond motifs is 12. The standard InChI is InChI=1S/C62H50N2/c1-41-38-44(42-16-4-2-5-17-42)30-36-59(41)63(47-32-28-43(29-33-47)45-31-37-61-54(39-45)53-23-11-15-27-60(53)64(61)46-18-6-3-7-19-46)48-34-35-52-51-22-10-14-26-57(51)62(58(52)40-48)55-24-12-8-20-49(55)50-21-9-13-25-56(50)62/h2-37,41,45,53,58,60H,38-40H2,1H3/t41?,45-,53?,58?,60?/m1/s1. The van der Waals surface area contributed by atoms with Crippen molar-refractivity contribution < 1.29 is 0 Å². The number of hydrogen-bond acceptors (Lipinski definition) is 2. The van der Waals surface area contributed by atoms with Crippen molar-refractivity contribution in [1.29, 1.82) is 0 Å². The first-order valence-corrected chi connectivity index (χ1v) is 23.3. The van der Waals surface area contributed by atoms with E-state index in [1.807, 2.05) is 0 Å². The molecule has 0 saturated carbocycles. The van der Waals surface area contributed by atoms with E-state index in [1.165, 1.54) is 84.1 Å². The minimum atomic E-state index is -0.267. The molecule has 0 amide bonds. The van der Waals surface area contributed by atoms with Crippen molar-refractivity contribution in [3.63, 3.8) is 0 Å². The summed E-state index contributed by atoms with van der Waals surface area (Å²) in [6.45, 7) is 2.42. The van der Waals surface area contributed by atoms with Crippen LogP contribution in [0.1, 0.15) is 65.5 Å². The molecule has 0 fully saturated rings. The highest BCUT2D eigenvalue weighted by Gasteiger charge is 2.57. The Kier molecular flexibility index (Phi) is 8.60. The van der Waals surface area contributed by atoms with E-state index in [0.717, 1.165) is 19.3 Å². The summed E-state index contributed by atoms with van der Waals surface area (Å²) in [5.74, 6) is 1.27. The second kappa shape index (κ2) is 14.7. The molecule has 1 heterocycles. The Bertz CT molecular complexity index is 3070. The Morgan fingerprint density at radius 1 is 0.562 bits per heavy atom. The van der Waals surface area contributed by atoms with Gasteiger partial charge in [-0.1, -0.05) is 183 Å². The van der Waals surface area contributed by atoms with Gasteiger partial charge in [-0.2, -0.15) is 0 Å². The number of anilines is 2. The Hall–Kier alpha value is -7.16. The lowest BCUT2D eigenvalue weighted by Gasteiger charge is -2.41. The molecule has 0 bridgehead atoms. The van der Waals surface area contributed by atoms with Crippen LogP contribution in [-0.2, 0) is 5.41 Å². The van der Waals surface area contributed by atoms with Gasteiger partial charge in [0.15, 0.2) is 0 Å². The Labute approximate surface area is 377 Å². The zero-order valence-electron chi connectivity index (χ0n) is 36.2. The smallest absolute Gasteiger partial charge is 0.0626 e. The average molecular weight is 823 g/mol. The van der Waals surface area contributed by atoms with Gasteiger partial charge in [0.05, 0.1) is 11.5 Å². The molecule has 0 aromatic heterocycles. The number of hydrogen-bond donors (Lipinski definition) is 0. The lowest BCUT2D eigenvalue weighted by atomic mass is 9.65. The van der Waals surface area contributed by atoms with Crippen molar-refractivity contribution in [3.05, 3.63) is 275 Å². The van der Waals surface area contributed by atoms with Gasteiger partial charge >= 0.3 is 0 Å². The normalized spacial score (nSPS) is 23.9. The van der Waals surface area contributed by atoms with Crippen molar-refractivity contribution >= 4 is 22.5 Å². The monoisotopic (exact) mass is 822 g/mol. The molecular weight excluding hydrogens is 773 g/mol. The predicted octanol–water partition coefficient (Wildman–Crippen LogP) is 14.7. The molecule has 6 aromatic rings. The van der Waals surface area contributed by atoms with Gasteiger partial charge in [-0.25, -0.2) is 0 Å². The highest BCUT2D eigenvalue weighted by molar-refractivity contribution is 5.93. The third-order valence-electron chi connectivity index (χ3n) is 15.5. The summed E-state index contributed by atoms with van der Waals surface area (Å²) in [7, 11) is 0. The van der Waals surface area contributed by atoms with E-state index in [-0.39, 0.29) is 11.3 Å². The van der Waals surface area contributed by atoms with E-state index in [0.29, 0.717) is 23.8 Å². The summed E-state index contributed by atoms with van der Waals surface area (Å²) in [4.78, 5) is 5.19. The van der Waals surface area contributed by atoms with Crippen molar-refractivity contribution in [1.82, 2.24) is 0 Å². The van der Waals surface area contributed by atoms with Crippen LogP contribution >= 0.6 is 0 Å². The molecular formula is C62H50N2. The number of para-hydroxylation sites is 1. The van der Waals surface area contributed by atoms with E-state index >= 15 is 0 Å². The van der Waals surface area contributed by atoms with Crippen LogP contribution in [0.2, 0.25) is 0 Å². The Balaban J connectivity index is 0.896. The lowest BCUT2D eigenvalue weighted by Crippen LogP contribution is -2.36. The van der Waals surface area contributed by atoms with Gasteiger partial charge in [0.2, 0.25) is 0 Å². The summed E-state index contributed by atoms with van der Waals surface area (Å²) in [5.41, 5.74) is 21.9. The molecule has 0 N–H and O–H groups in total. The fourth-order valence-corrected chi connectivity index (χ4v) is 12.8. The molecule has 13 rings (SSSR count). The minimum Gasteiger partial charge on any atom is -0.334 e. The first kappa shape index (κ1) is 37.4. The van der Waals surface area contributed by atoms with Crippen molar-refractivity contribution in [2.24, 2.45) is 17.8 Å². The van der Waals surface area contributed by atoms with E-state index < -0.39 is 0 Å². The van der Waals surface area contributed by atoms with Gasteiger partial charge < -0.3 is 9.80 Å². The summed E-state index contributed by atoms with van der Waals surface area (Å²) >= 11 is 0. The maximum atomic E-state index is 2.64. The third-order valence-corrected chi connectivity index (χ3v) is 15.5. The first-order chi connectivity index (χ1) is 31.7. The second-order valence-corrected chi connectivity index (χ2v) is 18.7. The molecule has 7 aliphatic rings. The fraction of sp³-hybridized carbons (Fsp3) is 0.161. The van der Waals surface area contributed by atoms with Crippen molar-refractivity contribution in [2.75, 3.05) is 9.80 Å². The SMILES string of the molecule is CC1CC(c2ccccc2)=CC=C1N(C1=CC=C2c3ccccc3C3(c4ccccc4-c4ccccc43)C2C1)c1ccc([C@@H]2C=CC3=C(C2)C2C=CC=CC2N3c2ccccc2)cc1. The first-order valence-electron chi connectivity index (χ1n) is 23.3. The molecule has 308 valence electrons. The van der Waals surface area contributed by atoms with Crippen molar-refractivity contribution in [2.45, 2.75) is 43.6 Å². The summed E-state index contributed by atoms with van der Waals surface area (Å²) < 4.78 is 0. The maximum absolute atomic E-state index is 2.64. The second-order valence-electron chi connectivity index (χ2n) is 18.7. The maximum Gasteiger partial charge on any atom is 0.0626 e. The van der Waals surface area contributed by atoms with Gasteiger partial charge in [0.1, 0.15) is 0 Å². The largest absolute Gasteiger partial charge is 0.334 e. The summed E-state index contributed by atoms with van der Waals surface area (Å²) in [5, 5.41) is 0. The highest BCUT2D eigenvalue weighted by atomic mass is 15.2. The molecule has 1 aliphatic heterocycles. The van der Waals surface area contributed by atoms with Gasteiger partial charge in [0.25, 0.3) is 0 Å². The fourth-order valence-electron chi connectivity index (χ4n) is 12.8. The molecule has 4 unspecified atom stereocenters. The quantitative estimate of drug-likeness (QED) is 0.165. The Morgan fingerprint density at radius 2 is 1.20 bits per heavy atom. The van der Waals surface area contributed by atoms with Crippen LogP contribution in [0.3, 0.4) is 0 Å². The van der Waals surface area contributed by atoms with Crippen LogP contribution in [0.25, 0.3) is 22.3 Å². The predicted molar refractivity (Wildman–Crippen MR) is 266 cm³/mol. The molecule has 6 aromatic carbocycles. The topological polar surface area (TPSA) is 6.48 Å². The molecule has 64 heavy (non-hydrogen) atoms. The Morgan fingerprint density at radius 3 is 1.92 bits per heavy atom. The zero-order chi connectivity index (χ0) is 42.4. The van der Waals surface area contributed by atoms with Crippen LogP contribution in [-0.4, -0.2) is 6.04 Å². The van der Waals surface area contributed by atoms with Crippen LogP contribution in [0.15, 0.2) is 241 Å². The molecule has 2 heteroatoms. The van der Waals surface area contributed by atoms with Crippen molar-refractivity contribution in [3.8, 4) is 11.1 Å². The zero-order valence-corrected chi connectivity index (χ0v) is 36.2. The average Bonchev–Trinajstić information content (AvgIpc) is 3.97. The molecule has 0 saturated heterocycles. The molecule has 1 spiro atoms. The van der Waals surface area contributed by atoms with E-state index in [4.69, 9.17) is 0 Å². The van der Waals surface area contributed by atoms with Gasteiger partial charge in [-0.05, 0) is 123 Å². The van der Waals surface area contributed by atoms with Crippen LogP contribution < -0.4 is 9.80 Å². The molecule has 0 radical (unpaired) electrons. The number of rotatable bonds is 6. The molecule has 5 atom stereocenters. The summed E-state index contributed by atoms with van der Waals surface area (Å²) in [6, 6.07) is 59.5. The van der Waals surface area contributed by atoms with Gasteiger partial charge in [-0.15, -0.1) is 0 Å². The highest BCUT2D eigenvalue weighted by Crippen LogP contribution is 2.66. The van der Waals surface area contributed by atoms with Crippen LogP contribution in [0, 0.1) is 17.8 Å². The number of allylic oxidation sites excluding steroid dienone is 12. The van der Waals surface area contributed by atoms with E-state index in [1.54, 1.807) is 5.57 Å². The number of nitrogens with zero attached hydrogens (tertiary/aromatic N) is 2.